The molecule has 0 aliphatic carbocycles. The van der Waals surface area contributed by atoms with Crippen molar-refractivity contribution in [1.29, 1.82) is 0 Å². The lowest BCUT2D eigenvalue weighted by Crippen LogP contribution is -2.14. The first kappa shape index (κ1) is 17.2. The second kappa shape index (κ2) is 7.20. The molecule has 0 aliphatic heterocycles. The molecule has 0 saturated carbocycles. The Bertz CT molecular complexity index is 1100. The number of nitrogens with one attached hydrogen (secondary N) is 2. The third-order valence-corrected chi connectivity index (χ3v) is 4.75. The first-order chi connectivity index (χ1) is 13.1. The summed E-state index contributed by atoms with van der Waals surface area (Å²) in [4.78, 5) is 21.1. The van der Waals surface area contributed by atoms with Crippen LogP contribution in [0.1, 0.15) is 11.3 Å². The molecule has 3 heterocycles. The molecule has 27 heavy (non-hydrogen) atoms. The van der Waals surface area contributed by atoms with E-state index < -0.39 is 0 Å². The summed E-state index contributed by atoms with van der Waals surface area (Å²) in [7, 11) is 0. The van der Waals surface area contributed by atoms with Gasteiger partial charge < -0.3 is 5.32 Å². The van der Waals surface area contributed by atoms with Crippen molar-refractivity contribution in [2.45, 2.75) is 19.0 Å². The molecule has 2 N–H and O–H groups in total. The van der Waals surface area contributed by atoms with Gasteiger partial charge in [-0.1, -0.05) is 41.6 Å². The molecule has 4 aromatic rings. The molecule has 0 aliphatic rings. The fourth-order valence-corrected chi connectivity index (χ4v) is 3.11. The molecule has 0 radical (unpaired) electrons. The molecule has 9 heteroatoms. The fraction of sp³-hybridized carbons (Fsp3) is 0.167. The molecule has 0 fully saturated rings. The summed E-state index contributed by atoms with van der Waals surface area (Å²) in [6.45, 7) is 3.92. The van der Waals surface area contributed by atoms with Crippen LogP contribution in [0.25, 0.3) is 17.0 Å². The van der Waals surface area contributed by atoms with Crippen LogP contribution in [-0.4, -0.2) is 41.4 Å². The number of carbonyl (C=O) groups is 1. The normalized spacial score (nSPS) is 11.0. The molecule has 4 rings (SSSR count). The van der Waals surface area contributed by atoms with Gasteiger partial charge in [0.05, 0.1) is 11.9 Å². The van der Waals surface area contributed by atoms with Gasteiger partial charge in [-0.2, -0.15) is 5.10 Å². The molecule has 1 amide bonds. The van der Waals surface area contributed by atoms with Crippen LogP contribution >= 0.6 is 11.8 Å². The lowest BCUT2D eigenvalue weighted by molar-refractivity contribution is -0.113. The number of thioether (sulfide) groups is 1. The summed E-state index contributed by atoms with van der Waals surface area (Å²) < 4.78 is 1.62. The number of hydrogen-bond donors (Lipinski definition) is 2. The molecule has 0 atom stereocenters. The number of anilines is 1. The minimum atomic E-state index is -0.167. The highest BCUT2D eigenvalue weighted by Crippen LogP contribution is 2.20. The van der Waals surface area contributed by atoms with Crippen molar-refractivity contribution < 1.29 is 4.79 Å². The average Bonchev–Trinajstić information content (AvgIpc) is 3.28. The van der Waals surface area contributed by atoms with E-state index in [0.29, 0.717) is 22.3 Å². The van der Waals surface area contributed by atoms with Crippen molar-refractivity contribution in [2.75, 3.05) is 11.1 Å². The summed E-state index contributed by atoms with van der Waals surface area (Å²) in [5, 5.41) is 14.6. The second-order valence-electron chi connectivity index (χ2n) is 6.06. The van der Waals surface area contributed by atoms with E-state index in [1.54, 1.807) is 10.7 Å². The molecule has 0 unspecified atom stereocenters. The van der Waals surface area contributed by atoms with E-state index in [4.69, 9.17) is 0 Å². The molecule has 0 spiro atoms. The summed E-state index contributed by atoms with van der Waals surface area (Å²) in [5.74, 6) is 0.703. The average molecular weight is 379 g/mol. The van der Waals surface area contributed by atoms with Crippen LogP contribution < -0.4 is 5.32 Å². The predicted molar refractivity (Wildman–Crippen MR) is 104 cm³/mol. The van der Waals surface area contributed by atoms with E-state index in [-0.39, 0.29) is 11.7 Å². The number of carbonyl (C=O) groups excluding carboxylic acids is 1. The zero-order valence-electron chi connectivity index (χ0n) is 14.8. The maximum absolute atomic E-state index is 12.3. The molecular weight excluding hydrogens is 362 g/mol. The monoisotopic (exact) mass is 379 g/mol. The van der Waals surface area contributed by atoms with E-state index in [1.165, 1.54) is 17.3 Å². The topological polar surface area (TPSA) is 101 Å². The molecule has 0 bridgehead atoms. The van der Waals surface area contributed by atoms with Crippen LogP contribution in [0.2, 0.25) is 0 Å². The molecule has 0 saturated heterocycles. The minimum Gasteiger partial charge on any atom is -0.321 e. The lowest BCUT2D eigenvalue weighted by atomic mass is 10.1. The zero-order valence-corrected chi connectivity index (χ0v) is 15.6. The number of benzene rings is 1. The van der Waals surface area contributed by atoms with Crippen molar-refractivity contribution >= 4 is 29.0 Å². The number of nitrogens with zero attached hydrogens (tertiary/aromatic N) is 5. The van der Waals surface area contributed by atoms with E-state index in [1.807, 2.05) is 50.4 Å². The van der Waals surface area contributed by atoms with Crippen molar-refractivity contribution in [3.8, 4) is 11.4 Å². The van der Waals surface area contributed by atoms with Gasteiger partial charge in [-0.05, 0) is 19.9 Å². The number of rotatable bonds is 5. The van der Waals surface area contributed by atoms with E-state index in [9.17, 15) is 4.79 Å². The van der Waals surface area contributed by atoms with Gasteiger partial charge in [0.25, 0.3) is 0 Å². The Hall–Kier alpha value is -3.20. The number of H-pyrrole nitrogens is 1. The lowest BCUT2D eigenvalue weighted by Gasteiger charge is -2.02. The fourth-order valence-electron chi connectivity index (χ4n) is 2.52. The largest absolute Gasteiger partial charge is 0.321 e. The molecule has 3 aromatic heterocycles. The first-order valence-electron chi connectivity index (χ1n) is 8.31. The van der Waals surface area contributed by atoms with Gasteiger partial charge >= 0.3 is 0 Å². The number of aromatic amines is 1. The Morgan fingerprint density at radius 3 is 2.81 bits per heavy atom. The second-order valence-corrected chi connectivity index (χ2v) is 7.01. The number of hydrogen-bond acceptors (Lipinski definition) is 6. The quantitative estimate of drug-likeness (QED) is 0.517. The van der Waals surface area contributed by atoms with E-state index >= 15 is 0 Å². The van der Waals surface area contributed by atoms with Gasteiger partial charge in [0.15, 0.2) is 11.5 Å². The van der Waals surface area contributed by atoms with Crippen molar-refractivity contribution in [3.05, 3.63) is 54.0 Å². The van der Waals surface area contributed by atoms with Crippen molar-refractivity contribution in [1.82, 2.24) is 29.8 Å². The van der Waals surface area contributed by atoms with Crippen LogP contribution in [0.4, 0.5) is 5.69 Å². The SMILES string of the molecule is Cc1ccc(-c2nc(SCC(=O)Nc3cnn4ccc(C)nc34)n[nH]2)cc1. The highest BCUT2D eigenvalue weighted by atomic mass is 32.2. The van der Waals surface area contributed by atoms with Crippen LogP contribution in [0, 0.1) is 13.8 Å². The van der Waals surface area contributed by atoms with Gasteiger partial charge in [0.2, 0.25) is 11.1 Å². The summed E-state index contributed by atoms with van der Waals surface area (Å²) >= 11 is 1.26. The summed E-state index contributed by atoms with van der Waals surface area (Å²) in [6.07, 6.45) is 3.40. The van der Waals surface area contributed by atoms with Gasteiger partial charge in [-0.15, -0.1) is 5.10 Å². The maximum Gasteiger partial charge on any atom is 0.234 e. The van der Waals surface area contributed by atoms with Gasteiger partial charge in [-0.3, -0.25) is 9.89 Å². The Kier molecular flexibility index (Phi) is 4.59. The van der Waals surface area contributed by atoms with Gasteiger partial charge in [-0.25, -0.2) is 14.5 Å². The number of amides is 1. The van der Waals surface area contributed by atoms with Gasteiger partial charge in [0, 0.05) is 17.5 Å². The van der Waals surface area contributed by atoms with Crippen molar-refractivity contribution in [2.24, 2.45) is 0 Å². The minimum absolute atomic E-state index is 0.167. The standard InChI is InChI=1S/C18H17N7OS/c1-11-3-5-13(6-4-11)16-22-18(24-23-16)27-10-15(26)21-14-9-19-25-8-7-12(2)20-17(14)25/h3-9H,10H2,1-2H3,(H,21,26)(H,22,23,24). The van der Waals surface area contributed by atoms with E-state index in [2.05, 4.69) is 30.6 Å². The third-order valence-electron chi connectivity index (χ3n) is 3.90. The summed E-state index contributed by atoms with van der Waals surface area (Å²) in [5.41, 5.74) is 4.20. The van der Waals surface area contributed by atoms with Gasteiger partial charge in [0.1, 0.15) is 5.69 Å². The number of aromatic nitrogens is 6. The zero-order chi connectivity index (χ0) is 18.8. The van der Waals surface area contributed by atoms with Crippen LogP contribution in [0.15, 0.2) is 47.9 Å². The number of aryl methyl sites for hydroxylation is 2. The van der Waals surface area contributed by atoms with Crippen molar-refractivity contribution in [3.63, 3.8) is 0 Å². The smallest absolute Gasteiger partial charge is 0.234 e. The Labute approximate surface area is 159 Å². The van der Waals surface area contributed by atoms with Crippen LogP contribution in [-0.2, 0) is 4.79 Å². The predicted octanol–water partition coefficient (Wildman–Crippen LogP) is 2.86. The molecule has 136 valence electrons. The molecule has 1 aromatic carbocycles. The third kappa shape index (κ3) is 3.82. The first-order valence-corrected chi connectivity index (χ1v) is 9.30. The highest BCUT2D eigenvalue weighted by molar-refractivity contribution is 7.99. The Balaban J connectivity index is 1.39. The summed E-state index contributed by atoms with van der Waals surface area (Å²) in [6, 6.07) is 9.86. The van der Waals surface area contributed by atoms with E-state index in [0.717, 1.165) is 11.3 Å². The Morgan fingerprint density at radius 2 is 2.00 bits per heavy atom. The maximum atomic E-state index is 12.3. The molecule has 8 nitrogen and oxygen atoms in total. The molecular formula is C18H17N7OS. The number of fused-ring (bicyclic) bond motifs is 1. The Morgan fingerprint density at radius 1 is 1.19 bits per heavy atom. The highest BCUT2D eigenvalue weighted by Gasteiger charge is 2.12. The van der Waals surface area contributed by atoms with Crippen LogP contribution in [0.3, 0.4) is 0 Å². The van der Waals surface area contributed by atoms with Crippen LogP contribution in [0.5, 0.6) is 0 Å².